The molecule has 0 spiro atoms. The van der Waals surface area contributed by atoms with Crippen LogP contribution in [0, 0.1) is 5.92 Å². The molecule has 4 rings (SSSR count). The number of rotatable bonds is 7. The third kappa shape index (κ3) is 4.34. The van der Waals surface area contributed by atoms with Crippen LogP contribution >= 0.6 is 0 Å². The number of amides is 1. The first kappa shape index (κ1) is 21.8. The van der Waals surface area contributed by atoms with Crippen LogP contribution in [0.15, 0.2) is 42.5 Å². The fraction of sp³-hybridized carbons (Fsp3) is 0.458. The van der Waals surface area contributed by atoms with E-state index >= 15 is 0 Å². The summed E-state index contributed by atoms with van der Waals surface area (Å²) < 4.78 is 28.6. The van der Waals surface area contributed by atoms with Gasteiger partial charge in [0.2, 0.25) is 15.9 Å². The molecule has 7 heteroatoms. The van der Waals surface area contributed by atoms with Gasteiger partial charge in [0.15, 0.2) is 0 Å². The number of carbonyl (C=O) groups excluding carboxylic acids is 1. The van der Waals surface area contributed by atoms with Crippen LogP contribution in [0.2, 0.25) is 0 Å². The van der Waals surface area contributed by atoms with Crippen LogP contribution in [0.5, 0.6) is 0 Å². The minimum atomic E-state index is -3.20. The number of para-hydroxylation sites is 1. The number of hydrogen-bond acceptors (Lipinski definition) is 3. The highest BCUT2D eigenvalue weighted by molar-refractivity contribution is 7.89. The van der Waals surface area contributed by atoms with Crippen LogP contribution in [0.1, 0.15) is 39.5 Å². The SMILES string of the molecule is CCCCS(=O)(=O)N1CCC(C(=O)Nc2ccc3c(c2)c2ccccc2n3CC)CC1. The minimum Gasteiger partial charge on any atom is -0.341 e. The highest BCUT2D eigenvalue weighted by atomic mass is 32.2. The standard InChI is InChI=1S/C24H31N3O3S/c1-3-5-16-31(29,30)26-14-12-18(13-15-26)24(28)25-19-10-11-23-21(17-19)20-8-6-7-9-22(20)27(23)4-2/h6-11,17-18H,3-5,12-16H2,1-2H3,(H,25,28). The average molecular weight is 442 g/mol. The summed E-state index contributed by atoms with van der Waals surface area (Å²) in [6.45, 7) is 5.86. The molecule has 2 heterocycles. The molecular formula is C24H31N3O3S. The Balaban J connectivity index is 1.46. The Bertz CT molecular complexity index is 1190. The lowest BCUT2D eigenvalue weighted by atomic mass is 9.97. The summed E-state index contributed by atoms with van der Waals surface area (Å²) in [6, 6.07) is 14.4. The van der Waals surface area contributed by atoms with Crippen molar-refractivity contribution in [3.05, 3.63) is 42.5 Å². The predicted octanol–water partition coefficient (Wildman–Crippen LogP) is 4.59. The number of nitrogens with one attached hydrogen (secondary N) is 1. The summed E-state index contributed by atoms with van der Waals surface area (Å²) in [7, 11) is -3.20. The summed E-state index contributed by atoms with van der Waals surface area (Å²) in [4.78, 5) is 12.9. The van der Waals surface area contributed by atoms with E-state index in [0.29, 0.717) is 32.4 Å². The molecule has 6 nitrogen and oxygen atoms in total. The van der Waals surface area contributed by atoms with Crippen molar-refractivity contribution in [2.24, 2.45) is 5.92 Å². The van der Waals surface area contributed by atoms with E-state index in [1.807, 2.05) is 31.2 Å². The Hall–Kier alpha value is -2.38. The smallest absolute Gasteiger partial charge is 0.227 e. The van der Waals surface area contributed by atoms with Gasteiger partial charge < -0.3 is 9.88 Å². The van der Waals surface area contributed by atoms with Gasteiger partial charge in [0.25, 0.3) is 0 Å². The zero-order valence-electron chi connectivity index (χ0n) is 18.3. The predicted molar refractivity (Wildman–Crippen MR) is 127 cm³/mol. The first-order valence-electron chi connectivity index (χ1n) is 11.2. The molecule has 0 saturated carbocycles. The highest BCUT2D eigenvalue weighted by Gasteiger charge is 2.30. The number of fused-ring (bicyclic) bond motifs is 3. The van der Waals surface area contributed by atoms with Gasteiger partial charge in [-0.05, 0) is 50.5 Å². The van der Waals surface area contributed by atoms with Gasteiger partial charge in [-0.1, -0.05) is 31.5 Å². The van der Waals surface area contributed by atoms with Gasteiger partial charge in [-0.15, -0.1) is 0 Å². The van der Waals surface area contributed by atoms with E-state index in [0.717, 1.165) is 29.6 Å². The van der Waals surface area contributed by atoms with Crippen molar-refractivity contribution in [3.8, 4) is 0 Å². The van der Waals surface area contributed by atoms with Crippen molar-refractivity contribution in [2.45, 2.75) is 46.1 Å². The molecule has 1 N–H and O–H groups in total. The zero-order valence-corrected chi connectivity index (χ0v) is 19.1. The van der Waals surface area contributed by atoms with Gasteiger partial charge in [0.1, 0.15) is 0 Å². The van der Waals surface area contributed by atoms with Crippen LogP contribution in [-0.4, -0.2) is 42.0 Å². The van der Waals surface area contributed by atoms with Crippen molar-refractivity contribution < 1.29 is 13.2 Å². The van der Waals surface area contributed by atoms with Gasteiger partial charge in [-0.25, -0.2) is 12.7 Å². The monoisotopic (exact) mass is 441 g/mol. The molecule has 0 unspecified atom stereocenters. The van der Waals surface area contributed by atoms with Crippen molar-refractivity contribution in [3.63, 3.8) is 0 Å². The second-order valence-corrected chi connectivity index (χ2v) is 10.4. The maximum absolute atomic E-state index is 12.9. The molecule has 0 bridgehead atoms. The lowest BCUT2D eigenvalue weighted by Gasteiger charge is -2.30. The number of benzene rings is 2. The number of hydrogen-bond donors (Lipinski definition) is 1. The summed E-state index contributed by atoms with van der Waals surface area (Å²) in [5.41, 5.74) is 3.14. The Morgan fingerprint density at radius 3 is 2.45 bits per heavy atom. The quantitative estimate of drug-likeness (QED) is 0.583. The van der Waals surface area contributed by atoms with Gasteiger partial charge in [0, 0.05) is 53.0 Å². The summed E-state index contributed by atoms with van der Waals surface area (Å²) >= 11 is 0. The second kappa shape index (κ2) is 9.01. The van der Waals surface area contributed by atoms with Gasteiger partial charge in [-0.3, -0.25) is 4.79 Å². The lowest BCUT2D eigenvalue weighted by Crippen LogP contribution is -2.42. The zero-order chi connectivity index (χ0) is 22.0. The molecule has 166 valence electrons. The number of anilines is 1. The maximum Gasteiger partial charge on any atom is 0.227 e. The minimum absolute atomic E-state index is 0.0239. The number of unbranched alkanes of at least 4 members (excludes halogenated alkanes) is 1. The third-order valence-electron chi connectivity index (χ3n) is 6.33. The molecule has 1 fully saturated rings. The number of nitrogens with zero attached hydrogens (tertiary/aromatic N) is 2. The topological polar surface area (TPSA) is 71.4 Å². The molecule has 0 atom stereocenters. The fourth-order valence-electron chi connectivity index (χ4n) is 4.57. The normalized spacial score (nSPS) is 16.2. The van der Waals surface area contributed by atoms with E-state index < -0.39 is 10.0 Å². The Morgan fingerprint density at radius 1 is 1.03 bits per heavy atom. The number of aromatic nitrogens is 1. The van der Waals surface area contributed by atoms with Gasteiger partial charge >= 0.3 is 0 Å². The summed E-state index contributed by atoms with van der Waals surface area (Å²) in [5.74, 6) is 0.0145. The summed E-state index contributed by atoms with van der Waals surface area (Å²) in [6.07, 6.45) is 2.67. The molecule has 0 radical (unpaired) electrons. The van der Waals surface area contributed by atoms with E-state index in [9.17, 15) is 13.2 Å². The number of carbonyl (C=O) groups is 1. The van der Waals surface area contributed by atoms with Crippen molar-refractivity contribution in [1.82, 2.24) is 8.87 Å². The van der Waals surface area contributed by atoms with Crippen molar-refractivity contribution >= 4 is 43.4 Å². The molecule has 1 aliphatic rings. The fourth-order valence-corrected chi connectivity index (χ4v) is 6.25. The third-order valence-corrected chi connectivity index (χ3v) is 8.29. The van der Waals surface area contributed by atoms with E-state index in [4.69, 9.17) is 0 Å². The first-order valence-corrected chi connectivity index (χ1v) is 12.8. The van der Waals surface area contributed by atoms with E-state index in [2.05, 4.69) is 35.0 Å². The number of piperidine rings is 1. The largest absolute Gasteiger partial charge is 0.341 e. The Kier molecular flexibility index (Phi) is 6.34. The van der Waals surface area contributed by atoms with Crippen molar-refractivity contribution in [1.29, 1.82) is 0 Å². The second-order valence-electron chi connectivity index (χ2n) is 8.33. The van der Waals surface area contributed by atoms with Crippen LogP contribution < -0.4 is 5.32 Å². The molecule has 1 amide bonds. The highest BCUT2D eigenvalue weighted by Crippen LogP contribution is 2.31. The molecule has 2 aromatic carbocycles. The summed E-state index contributed by atoms with van der Waals surface area (Å²) in [5, 5.41) is 5.38. The number of sulfonamides is 1. The average Bonchev–Trinajstić information content (AvgIpc) is 3.11. The molecule has 1 saturated heterocycles. The van der Waals surface area contributed by atoms with Crippen LogP contribution in [0.25, 0.3) is 21.8 Å². The van der Waals surface area contributed by atoms with Gasteiger partial charge in [0.05, 0.1) is 5.75 Å². The van der Waals surface area contributed by atoms with E-state index in [1.54, 1.807) is 4.31 Å². The number of aryl methyl sites for hydroxylation is 1. The van der Waals surface area contributed by atoms with Crippen LogP contribution in [0.3, 0.4) is 0 Å². The molecule has 31 heavy (non-hydrogen) atoms. The Labute approximate surface area is 184 Å². The molecule has 1 aliphatic heterocycles. The van der Waals surface area contributed by atoms with Gasteiger partial charge in [-0.2, -0.15) is 0 Å². The molecule has 0 aliphatic carbocycles. The maximum atomic E-state index is 12.9. The molecular weight excluding hydrogens is 410 g/mol. The van der Waals surface area contributed by atoms with E-state index in [-0.39, 0.29) is 17.6 Å². The van der Waals surface area contributed by atoms with Crippen molar-refractivity contribution in [2.75, 3.05) is 24.2 Å². The lowest BCUT2D eigenvalue weighted by molar-refractivity contribution is -0.120. The van der Waals surface area contributed by atoms with Crippen LogP contribution in [0.4, 0.5) is 5.69 Å². The molecule has 1 aromatic heterocycles. The van der Waals surface area contributed by atoms with E-state index in [1.165, 1.54) is 10.9 Å². The Morgan fingerprint density at radius 2 is 1.74 bits per heavy atom. The van der Waals surface area contributed by atoms with Crippen LogP contribution in [-0.2, 0) is 21.4 Å². The molecule has 3 aromatic rings. The first-order chi connectivity index (χ1) is 14.9.